The van der Waals surface area contributed by atoms with Crippen LogP contribution < -0.4 is 4.74 Å². The molecule has 0 saturated carbocycles. The Labute approximate surface area is 131 Å². The third kappa shape index (κ3) is 4.81. The molecule has 0 N–H and O–H groups in total. The molecule has 0 amide bonds. The van der Waals surface area contributed by atoms with Crippen LogP contribution in [0.25, 0.3) is 0 Å². The van der Waals surface area contributed by atoms with Gasteiger partial charge in [0.05, 0.1) is 18.9 Å². The Bertz CT molecular complexity index is 432. The summed E-state index contributed by atoms with van der Waals surface area (Å²) in [5.74, 6) is 0.212. The highest BCUT2D eigenvalue weighted by Gasteiger charge is 2.21. The summed E-state index contributed by atoms with van der Waals surface area (Å²) in [6.07, 6.45) is 5.45. The van der Waals surface area contributed by atoms with Crippen LogP contribution >= 0.6 is 24.8 Å². The van der Waals surface area contributed by atoms with Crippen molar-refractivity contribution in [2.45, 2.75) is 18.9 Å². The molecule has 1 saturated heterocycles. The van der Waals surface area contributed by atoms with Crippen LogP contribution in [0.15, 0.2) is 18.5 Å². The van der Waals surface area contributed by atoms with Crippen LogP contribution in [0.3, 0.4) is 0 Å². The van der Waals surface area contributed by atoms with E-state index < -0.39 is 5.97 Å². The Morgan fingerprint density at radius 1 is 1.45 bits per heavy atom. The quantitative estimate of drug-likeness (QED) is 0.795. The van der Waals surface area contributed by atoms with Gasteiger partial charge in [0.2, 0.25) is 0 Å². The van der Waals surface area contributed by atoms with Gasteiger partial charge in [-0.2, -0.15) is 0 Å². The second-order valence-electron chi connectivity index (χ2n) is 4.49. The molecule has 1 aliphatic rings. The predicted molar refractivity (Wildman–Crippen MR) is 81.2 cm³/mol. The zero-order valence-corrected chi connectivity index (χ0v) is 13.2. The molecule has 5 nitrogen and oxygen atoms in total. The van der Waals surface area contributed by atoms with Gasteiger partial charge in [-0.25, -0.2) is 4.79 Å². The average Bonchev–Trinajstić information content (AvgIpc) is 2.81. The maximum absolute atomic E-state index is 11.4. The number of hydrogen-bond donors (Lipinski definition) is 0. The molecule has 7 heteroatoms. The number of rotatable bonds is 4. The normalized spacial score (nSPS) is 17.8. The van der Waals surface area contributed by atoms with Gasteiger partial charge in [0.25, 0.3) is 0 Å². The van der Waals surface area contributed by atoms with Crippen LogP contribution in [0.2, 0.25) is 0 Å². The van der Waals surface area contributed by atoms with Crippen LogP contribution in [0, 0.1) is 0 Å². The lowest BCUT2D eigenvalue weighted by molar-refractivity contribution is 0.0599. The summed E-state index contributed by atoms with van der Waals surface area (Å²) in [5.41, 5.74) is 0.412. The first-order valence-corrected chi connectivity index (χ1v) is 6.07. The predicted octanol–water partition coefficient (Wildman–Crippen LogP) is 2.18. The number of carbonyl (C=O) groups excluding carboxylic acids is 1. The molecule has 114 valence electrons. The van der Waals surface area contributed by atoms with Crippen molar-refractivity contribution < 1.29 is 14.3 Å². The fraction of sp³-hybridized carbons (Fsp3) is 0.538. The van der Waals surface area contributed by atoms with E-state index in [9.17, 15) is 4.79 Å². The molecule has 2 rings (SSSR count). The molecule has 1 aliphatic heterocycles. The molecule has 0 aliphatic carbocycles. The lowest BCUT2D eigenvalue weighted by Gasteiger charge is -2.19. The molecule has 1 aromatic heterocycles. The third-order valence-electron chi connectivity index (χ3n) is 3.25. The van der Waals surface area contributed by atoms with Crippen LogP contribution in [0.1, 0.15) is 23.2 Å². The fourth-order valence-electron chi connectivity index (χ4n) is 2.11. The summed E-state index contributed by atoms with van der Waals surface area (Å²) in [6.45, 7) is 1.75. The largest absolute Gasteiger partial charge is 0.490 e. The number of ether oxygens (including phenoxy) is 2. The van der Waals surface area contributed by atoms with Gasteiger partial charge in [-0.3, -0.25) is 4.98 Å². The number of methoxy groups -OCH3 is 1. The molecule has 0 unspecified atom stereocenters. The monoisotopic (exact) mass is 322 g/mol. The van der Waals surface area contributed by atoms with Crippen molar-refractivity contribution in [1.29, 1.82) is 0 Å². The van der Waals surface area contributed by atoms with Crippen LogP contribution in [-0.4, -0.2) is 49.2 Å². The van der Waals surface area contributed by atoms with Crippen LogP contribution in [0.5, 0.6) is 5.75 Å². The Morgan fingerprint density at radius 2 is 2.20 bits per heavy atom. The van der Waals surface area contributed by atoms with Gasteiger partial charge in [-0.15, -0.1) is 24.8 Å². The maximum Gasteiger partial charge on any atom is 0.339 e. The number of nitrogens with zero attached hydrogens (tertiary/aromatic N) is 2. The zero-order chi connectivity index (χ0) is 13.0. The summed E-state index contributed by atoms with van der Waals surface area (Å²) in [4.78, 5) is 17.6. The third-order valence-corrected chi connectivity index (χ3v) is 3.25. The number of likely N-dealkylation sites (N-methyl/N-ethyl adjacent to an activating group) is 1. The van der Waals surface area contributed by atoms with Crippen molar-refractivity contribution in [2.24, 2.45) is 0 Å². The molecule has 0 spiro atoms. The van der Waals surface area contributed by atoms with Crippen molar-refractivity contribution in [3.05, 3.63) is 24.0 Å². The highest BCUT2D eigenvalue weighted by atomic mass is 35.5. The summed E-state index contributed by atoms with van der Waals surface area (Å²) in [6, 6.07) is 2.11. The minimum Gasteiger partial charge on any atom is -0.490 e. The second kappa shape index (κ2) is 9.00. The lowest BCUT2D eigenvalue weighted by Crippen LogP contribution is -2.30. The minimum absolute atomic E-state index is 0. The number of esters is 1. The average molecular weight is 323 g/mol. The summed E-state index contributed by atoms with van der Waals surface area (Å²) < 4.78 is 10.3. The van der Waals surface area contributed by atoms with E-state index in [2.05, 4.69) is 21.7 Å². The lowest BCUT2D eigenvalue weighted by atomic mass is 10.2. The Hall–Kier alpha value is -1.04. The van der Waals surface area contributed by atoms with Crippen molar-refractivity contribution in [2.75, 3.05) is 27.3 Å². The molecule has 1 aromatic rings. The first-order chi connectivity index (χ1) is 8.70. The van der Waals surface area contributed by atoms with Gasteiger partial charge in [0, 0.05) is 12.2 Å². The van der Waals surface area contributed by atoms with Crippen molar-refractivity contribution in [1.82, 2.24) is 9.88 Å². The number of halogens is 2. The first-order valence-electron chi connectivity index (χ1n) is 6.07. The van der Waals surface area contributed by atoms with Gasteiger partial charge in [0.15, 0.2) is 0 Å². The van der Waals surface area contributed by atoms with Gasteiger partial charge in [0.1, 0.15) is 12.4 Å². The molecule has 0 aromatic carbocycles. The number of likely N-dealkylation sites (tertiary alicyclic amines) is 1. The number of pyridine rings is 1. The standard InChI is InChI=1S/C13H18N2O3.2ClH/c1-15-5-3-4-11(15)9-18-12-6-10(7-14-8-12)13(16)17-2;;/h6-8,11H,3-5,9H2,1-2H3;2*1H/t11-;;/m0../s1. The Morgan fingerprint density at radius 3 is 2.80 bits per heavy atom. The first kappa shape index (κ1) is 19.0. The molecule has 2 heterocycles. The molecule has 1 atom stereocenters. The number of carbonyl (C=O) groups is 1. The van der Waals surface area contributed by atoms with E-state index in [1.165, 1.54) is 19.7 Å². The molecule has 1 fully saturated rings. The summed E-state index contributed by atoms with van der Waals surface area (Å²) in [5, 5.41) is 0. The van der Waals surface area contributed by atoms with Crippen molar-refractivity contribution >= 4 is 30.8 Å². The maximum atomic E-state index is 11.4. The van der Waals surface area contributed by atoms with E-state index in [1.807, 2.05) is 0 Å². The summed E-state index contributed by atoms with van der Waals surface area (Å²) >= 11 is 0. The minimum atomic E-state index is -0.397. The van der Waals surface area contributed by atoms with E-state index >= 15 is 0 Å². The zero-order valence-electron chi connectivity index (χ0n) is 11.6. The Kier molecular flexibility index (Phi) is 8.53. The number of aromatic nitrogens is 1. The second-order valence-corrected chi connectivity index (χ2v) is 4.49. The molecule has 0 bridgehead atoms. The molecule has 20 heavy (non-hydrogen) atoms. The topological polar surface area (TPSA) is 51.7 Å². The highest BCUT2D eigenvalue weighted by molar-refractivity contribution is 5.89. The fourth-order valence-corrected chi connectivity index (χ4v) is 2.11. The molecular formula is C13H20Cl2N2O3. The molecular weight excluding hydrogens is 303 g/mol. The van der Waals surface area contributed by atoms with E-state index in [1.54, 1.807) is 12.3 Å². The van der Waals surface area contributed by atoms with Gasteiger partial charge < -0.3 is 14.4 Å². The highest BCUT2D eigenvalue weighted by Crippen LogP contribution is 2.17. The SMILES string of the molecule is COC(=O)c1cncc(OC[C@@H]2CCCN2C)c1.Cl.Cl. The van der Waals surface area contributed by atoms with E-state index in [0.29, 0.717) is 24.0 Å². The molecule has 0 radical (unpaired) electrons. The Balaban J connectivity index is 0.00000180. The summed E-state index contributed by atoms with van der Waals surface area (Å²) in [7, 11) is 3.45. The smallest absolute Gasteiger partial charge is 0.339 e. The number of hydrogen-bond acceptors (Lipinski definition) is 5. The van der Waals surface area contributed by atoms with E-state index in [4.69, 9.17) is 4.74 Å². The van der Waals surface area contributed by atoms with Crippen LogP contribution in [-0.2, 0) is 4.74 Å². The van der Waals surface area contributed by atoms with Crippen LogP contribution in [0.4, 0.5) is 0 Å². The van der Waals surface area contributed by atoms with Crippen molar-refractivity contribution in [3.8, 4) is 5.75 Å². The van der Waals surface area contributed by atoms with E-state index in [-0.39, 0.29) is 24.8 Å². The van der Waals surface area contributed by atoms with Gasteiger partial charge in [-0.05, 0) is 32.5 Å². The van der Waals surface area contributed by atoms with Crippen molar-refractivity contribution in [3.63, 3.8) is 0 Å². The van der Waals surface area contributed by atoms with Gasteiger partial charge >= 0.3 is 5.97 Å². The van der Waals surface area contributed by atoms with Gasteiger partial charge in [-0.1, -0.05) is 0 Å². The van der Waals surface area contributed by atoms with E-state index in [0.717, 1.165) is 13.0 Å².